The molecule has 5 nitrogen and oxygen atoms in total. The van der Waals surface area contributed by atoms with E-state index in [4.69, 9.17) is 0 Å². The molecule has 1 fully saturated rings. The average molecular weight is 194 g/mol. The van der Waals surface area contributed by atoms with Crippen LogP contribution in [-0.2, 0) is 0 Å². The number of anilines is 1. The van der Waals surface area contributed by atoms with Gasteiger partial charge in [0.2, 0.25) is 0 Å². The first-order valence-corrected chi connectivity index (χ1v) is 4.21. The van der Waals surface area contributed by atoms with Crippen LogP contribution < -0.4 is 10.2 Å². The van der Waals surface area contributed by atoms with Gasteiger partial charge in [-0.1, -0.05) is 18.2 Å². The van der Waals surface area contributed by atoms with Crippen molar-refractivity contribution in [2.45, 2.75) is 12.5 Å². The van der Waals surface area contributed by atoms with Crippen LogP contribution in [0, 0.1) is 0 Å². The van der Waals surface area contributed by atoms with Crippen molar-refractivity contribution in [2.75, 3.05) is 4.90 Å². The van der Waals surface area contributed by atoms with Crippen molar-refractivity contribution in [3.63, 3.8) is 0 Å². The second-order valence-corrected chi connectivity index (χ2v) is 3.01. The predicted octanol–water partition coefficient (Wildman–Crippen LogP) is -0.147. The zero-order chi connectivity index (χ0) is 10.1. The lowest BCUT2D eigenvalue weighted by molar-refractivity contribution is 0.0331. The number of benzene rings is 1. The van der Waals surface area contributed by atoms with Gasteiger partial charge in [-0.25, -0.2) is 4.79 Å². The van der Waals surface area contributed by atoms with Gasteiger partial charge < -0.3 is 15.5 Å². The first-order chi connectivity index (χ1) is 6.70. The van der Waals surface area contributed by atoms with Gasteiger partial charge in [-0.2, -0.15) is 0 Å². The summed E-state index contributed by atoms with van der Waals surface area (Å²) in [6.45, 7) is 0. The highest BCUT2D eigenvalue weighted by molar-refractivity contribution is 5.94. The minimum Gasteiger partial charge on any atom is -0.369 e. The van der Waals surface area contributed by atoms with E-state index in [9.17, 15) is 15.0 Å². The fourth-order valence-electron chi connectivity index (χ4n) is 1.39. The lowest BCUT2D eigenvalue weighted by Gasteiger charge is -2.19. The normalized spacial score (nSPS) is 26.4. The summed E-state index contributed by atoms with van der Waals surface area (Å²) in [7, 11) is 0. The van der Waals surface area contributed by atoms with Crippen molar-refractivity contribution in [2.24, 2.45) is 0 Å². The smallest absolute Gasteiger partial charge is 0.326 e. The minimum atomic E-state index is -1.23. The molecule has 14 heavy (non-hydrogen) atoms. The SMILES string of the molecule is O=C1N[C@H](O)[C@H](O)N1c1ccccc1. The number of hydrogen-bond acceptors (Lipinski definition) is 3. The Hall–Kier alpha value is -1.59. The largest absolute Gasteiger partial charge is 0.369 e. The molecule has 0 spiro atoms. The molecule has 1 saturated heterocycles. The fourth-order valence-corrected chi connectivity index (χ4v) is 1.39. The molecule has 2 atom stereocenters. The van der Waals surface area contributed by atoms with Crippen LogP contribution in [0.15, 0.2) is 30.3 Å². The molecule has 1 aliphatic rings. The quantitative estimate of drug-likeness (QED) is 0.582. The van der Waals surface area contributed by atoms with Crippen LogP contribution in [-0.4, -0.2) is 28.7 Å². The summed E-state index contributed by atoms with van der Waals surface area (Å²) in [5.41, 5.74) is 0.550. The molecule has 5 heteroatoms. The summed E-state index contributed by atoms with van der Waals surface area (Å²) in [6, 6.07) is 8.17. The zero-order valence-electron chi connectivity index (χ0n) is 7.29. The van der Waals surface area contributed by atoms with E-state index in [0.29, 0.717) is 5.69 Å². The van der Waals surface area contributed by atoms with Crippen molar-refractivity contribution in [1.82, 2.24) is 5.32 Å². The third kappa shape index (κ3) is 1.32. The van der Waals surface area contributed by atoms with E-state index < -0.39 is 18.5 Å². The monoisotopic (exact) mass is 194 g/mol. The molecule has 0 unspecified atom stereocenters. The Balaban J connectivity index is 2.31. The zero-order valence-corrected chi connectivity index (χ0v) is 7.29. The van der Waals surface area contributed by atoms with Crippen LogP contribution in [0.25, 0.3) is 0 Å². The van der Waals surface area contributed by atoms with Crippen LogP contribution in [0.4, 0.5) is 10.5 Å². The summed E-state index contributed by atoms with van der Waals surface area (Å²) < 4.78 is 0. The number of carbonyl (C=O) groups is 1. The van der Waals surface area contributed by atoms with E-state index in [1.165, 1.54) is 0 Å². The maximum Gasteiger partial charge on any atom is 0.326 e. The van der Waals surface area contributed by atoms with Gasteiger partial charge in [0.25, 0.3) is 0 Å². The first-order valence-electron chi connectivity index (χ1n) is 4.21. The average Bonchev–Trinajstić information content (AvgIpc) is 2.43. The molecular formula is C9H10N2O3. The second-order valence-electron chi connectivity index (χ2n) is 3.01. The molecule has 0 bridgehead atoms. The van der Waals surface area contributed by atoms with Gasteiger partial charge in [0.15, 0.2) is 12.5 Å². The molecule has 1 aromatic rings. The third-order valence-electron chi connectivity index (χ3n) is 2.07. The van der Waals surface area contributed by atoms with Crippen LogP contribution >= 0.6 is 0 Å². The fraction of sp³-hybridized carbons (Fsp3) is 0.222. The number of urea groups is 1. The highest BCUT2D eigenvalue weighted by Gasteiger charge is 2.37. The molecule has 1 aliphatic heterocycles. The Bertz CT molecular complexity index is 341. The Morgan fingerprint density at radius 3 is 2.36 bits per heavy atom. The molecule has 2 rings (SSSR count). The van der Waals surface area contributed by atoms with Crippen molar-refractivity contribution >= 4 is 11.7 Å². The highest BCUT2D eigenvalue weighted by Crippen LogP contribution is 2.20. The Morgan fingerprint density at radius 1 is 1.21 bits per heavy atom. The van der Waals surface area contributed by atoms with Gasteiger partial charge in [0.05, 0.1) is 0 Å². The van der Waals surface area contributed by atoms with Crippen molar-refractivity contribution < 1.29 is 15.0 Å². The molecule has 3 N–H and O–H groups in total. The van der Waals surface area contributed by atoms with Crippen LogP contribution in [0.2, 0.25) is 0 Å². The number of rotatable bonds is 1. The van der Waals surface area contributed by atoms with Gasteiger partial charge in [0.1, 0.15) is 0 Å². The Kier molecular flexibility index (Phi) is 2.11. The maximum absolute atomic E-state index is 11.3. The first kappa shape index (κ1) is 8.98. The van der Waals surface area contributed by atoms with Gasteiger partial charge >= 0.3 is 6.03 Å². The van der Waals surface area contributed by atoms with E-state index in [-0.39, 0.29) is 0 Å². The summed E-state index contributed by atoms with van der Waals surface area (Å²) in [6.07, 6.45) is -2.47. The number of nitrogens with zero attached hydrogens (tertiary/aromatic N) is 1. The van der Waals surface area contributed by atoms with Crippen molar-refractivity contribution in [1.29, 1.82) is 0 Å². The summed E-state index contributed by atoms with van der Waals surface area (Å²) in [4.78, 5) is 12.4. The van der Waals surface area contributed by atoms with Gasteiger partial charge in [-0.3, -0.25) is 4.90 Å². The molecule has 1 aromatic carbocycles. The number of carbonyl (C=O) groups excluding carboxylic acids is 1. The number of nitrogens with one attached hydrogen (secondary N) is 1. The lowest BCUT2D eigenvalue weighted by atomic mass is 10.3. The van der Waals surface area contributed by atoms with E-state index in [0.717, 1.165) is 4.90 Å². The van der Waals surface area contributed by atoms with Crippen LogP contribution in [0.5, 0.6) is 0 Å². The molecule has 74 valence electrons. The van der Waals surface area contributed by atoms with Crippen LogP contribution in [0.1, 0.15) is 0 Å². The van der Waals surface area contributed by atoms with Gasteiger partial charge in [-0.05, 0) is 12.1 Å². The van der Waals surface area contributed by atoms with Crippen molar-refractivity contribution in [3.05, 3.63) is 30.3 Å². The molecule has 0 aliphatic carbocycles. The molecule has 2 amide bonds. The predicted molar refractivity (Wildman–Crippen MR) is 49.5 cm³/mol. The van der Waals surface area contributed by atoms with Crippen molar-refractivity contribution in [3.8, 4) is 0 Å². The number of aliphatic hydroxyl groups excluding tert-OH is 2. The molecule has 0 aromatic heterocycles. The molecule has 0 radical (unpaired) electrons. The Morgan fingerprint density at radius 2 is 1.86 bits per heavy atom. The van der Waals surface area contributed by atoms with E-state index in [1.54, 1.807) is 30.3 Å². The van der Waals surface area contributed by atoms with E-state index >= 15 is 0 Å². The summed E-state index contributed by atoms with van der Waals surface area (Å²) in [5, 5.41) is 20.9. The van der Waals surface area contributed by atoms with Crippen LogP contribution in [0.3, 0.4) is 0 Å². The number of hydrogen-bond donors (Lipinski definition) is 3. The minimum absolute atomic E-state index is 0.504. The van der Waals surface area contributed by atoms with E-state index in [2.05, 4.69) is 5.32 Å². The number of aliphatic hydroxyl groups is 2. The third-order valence-corrected chi connectivity index (χ3v) is 2.07. The lowest BCUT2D eigenvalue weighted by Crippen LogP contribution is -2.36. The molecular weight excluding hydrogens is 184 g/mol. The Labute approximate surface area is 80.6 Å². The molecule has 1 heterocycles. The topological polar surface area (TPSA) is 72.8 Å². The van der Waals surface area contributed by atoms with Gasteiger partial charge in [0, 0.05) is 5.69 Å². The number of amides is 2. The summed E-state index contributed by atoms with van der Waals surface area (Å²) >= 11 is 0. The van der Waals surface area contributed by atoms with E-state index in [1.807, 2.05) is 0 Å². The number of para-hydroxylation sites is 1. The second kappa shape index (κ2) is 3.28. The van der Waals surface area contributed by atoms with Gasteiger partial charge in [-0.15, -0.1) is 0 Å². The maximum atomic E-state index is 11.3. The highest BCUT2D eigenvalue weighted by atomic mass is 16.4. The standard InChI is InChI=1S/C9H10N2O3/c12-7-8(13)11(9(14)10-7)6-4-2-1-3-5-6/h1-5,7-8,12-13H,(H,10,14)/t7-,8+/m1/s1. The molecule has 0 saturated carbocycles. The summed E-state index contributed by atoms with van der Waals surface area (Å²) in [5.74, 6) is 0.